The van der Waals surface area contributed by atoms with Gasteiger partial charge in [-0.1, -0.05) is 0 Å². The molecule has 7 nitrogen and oxygen atoms in total. The molecule has 1 aliphatic rings. The fraction of sp³-hybridized carbons (Fsp3) is 0.750. The van der Waals surface area contributed by atoms with Crippen molar-refractivity contribution in [2.45, 2.75) is 20.3 Å². The molecule has 0 bridgehead atoms. The van der Waals surface area contributed by atoms with Crippen LogP contribution in [0.5, 0.6) is 0 Å². The smallest absolute Gasteiger partial charge is 0.227 e. The number of aromatic nitrogens is 2. The van der Waals surface area contributed by atoms with Crippen molar-refractivity contribution < 1.29 is 14.3 Å². The summed E-state index contributed by atoms with van der Waals surface area (Å²) in [5.74, 6) is 0.189. The summed E-state index contributed by atoms with van der Waals surface area (Å²) in [4.78, 5) is 16.7. The second kappa shape index (κ2) is 9.00. The molecule has 0 saturated carbocycles. The molecule has 1 aromatic heterocycles. The molecule has 0 aromatic carbocycles. The fourth-order valence-corrected chi connectivity index (χ4v) is 2.76. The third-order valence-corrected chi connectivity index (χ3v) is 4.32. The minimum absolute atomic E-state index is 0.189. The molecule has 2 heterocycles. The van der Waals surface area contributed by atoms with E-state index in [1.54, 1.807) is 7.11 Å². The Hall–Kier alpha value is -1.44. The average Bonchev–Trinajstić information content (AvgIpc) is 2.87. The minimum atomic E-state index is 0.189. The zero-order valence-electron chi connectivity index (χ0n) is 14.4. The normalized spacial score (nSPS) is 16.0. The number of piperazine rings is 1. The van der Waals surface area contributed by atoms with Crippen LogP contribution < -0.4 is 0 Å². The standard InChI is InChI=1S/C16H28N4O3/c1-13-15(14(2)18-17-13)12-16(21)20-6-4-19(5-7-20)8-9-23-11-10-22-3/h4-12H2,1-3H3,(H,17,18). The van der Waals surface area contributed by atoms with E-state index in [1.807, 2.05) is 18.7 Å². The van der Waals surface area contributed by atoms with Gasteiger partial charge in [0, 0.05) is 51.1 Å². The van der Waals surface area contributed by atoms with Gasteiger partial charge in [-0.15, -0.1) is 0 Å². The van der Waals surface area contributed by atoms with Crippen molar-refractivity contribution in [2.75, 3.05) is 59.7 Å². The number of nitrogens with zero attached hydrogens (tertiary/aromatic N) is 3. The van der Waals surface area contributed by atoms with Crippen molar-refractivity contribution in [2.24, 2.45) is 0 Å². The zero-order chi connectivity index (χ0) is 16.7. The highest BCUT2D eigenvalue weighted by atomic mass is 16.5. The van der Waals surface area contributed by atoms with Crippen molar-refractivity contribution in [1.29, 1.82) is 0 Å². The highest BCUT2D eigenvalue weighted by molar-refractivity contribution is 5.79. The number of carbonyl (C=O) groups excluding carboxylic acids is 1. The van der Waals surface area contributed by atoms with Crippen molar-refractivity contribution in [3.8, 4) is 0 Å². The largest absolute Gasteiger partial charge is 0.382 e. The van der Waals surface area contributed by atoms with Gasteiger partial charge in [0.1, 0.15) is 0 Å². The molecule has 1 aromatic rings. The van der Waals surface area contributed by atoms with Crippen molar-refractivity contribution in [1.82, 2.24) is 20.0 Å². The Bertz CT molecular complexity index is 476. The van der Waals surface area contributed by atoms with E-state index in [0.717, 1.165) is 49.7 Å². The Kier molecular flexibility index (Phi) is 7.01. The summed E-state index contributed by atoms with van der Waals surface area (Å²) >= 11 is 0. The fourth-order valence-electron chi connectivity index (χ4n) is 2.76. The molecule has 1 N–H and O–H groups in total. The first-order chi connectivity index (χ1) is 11.1. The van der Waals surface area contributed by atoms with Crippen LogP contribution in [0.3, 0.4) is 0 Å². The van der Waals surface area contributed by atoms with Gasteiger partial charge in [-0.3, -0.25) is 14.8 Å². The van der Waals surface area contributed by atoms with Gasteiger partial charge in [0.25, 0.3) is 0 Å². The number of amides is 1. The van der Waals surface area contributed by atoms with Gasteiger partial charge in [-0.05, 0) is 13.8 Å². The van der Waals surface area contributed by atoms with E-state index in [-0.39, 0.29) is 5.91 Å². The topological polar surface area (TPSA) is 70.7 Å². The summed E-state index contributed by atoms with van der Waals surface area (Å²) in [5, 5.41) is 7.09. The van der Waals surface area contributed by atoms with Crippen LogP contribution in [0.4, 0.5) is 0 Å². The summed E-state index contributed by atoms with van der Waals surface area (Å²) < 4.78 is 10.4. The van der Waals surface area contributed by atoms with Crippen molar-refractivity contribution in [3.63, 3.8) is 0 Å². The average molecular weight is 324 g/mol. The number of aromatic amines is 1. The summed E-state index contributed by atoms with van der Waals surface area (Å²) in [5.41, 5.74) is 2.94. The maximum absolute atomic E-state index is 12.4. The van der Waals surface area contributed by atoms with Gasteiger partial charge in [0.2, 0.25) is 5.91 Å². The van der Waals surface area contributed by atoms with E-state index in [4.69, 9.17) is 9.47 Å². The highest BCUT2D eigenvalue weighted by Gasteiger charge is 2.22. The lowest BCUT2D eigenvalue weighted by atomic mass is 10.1. The molecule has 1 fully saturated rings. The Labute approximate surface area is 137 Å². The molecular formula is C16H28N4O3. The number of hydrogen-bond acceptors (Lipinski definition) is 5. The Morgan fingerprint density at radius 2 is 1.91 bits per heavy atom. The van der Waals surface area contributed by atoms with Gasteiger partial charge in [0.15, 0.2) is 0 Å². The molecule has 0 unspecified atom stereocenters. The molecule has 1 amide bonds. The van der Waals surface area contributed by atoms with E-state index in [2.05, 4.69) is 15.1 Å². The summed E-state index contributed by atoms with van der Waals surface area (Å²) in [6.45, 7) is 10.2. The second-order valence-corrected chi connectivity index (χ2v) is 5.92. The number of rotatable bonds is 8. The van der Waals surface area contributed by atoms with Gasteiger partial charge in [-0.25, -0.2) is 0 Å². The Balaban J connectivity index is 1.68. The third kappa shape index (κ3) is 5.30. The first-order valence-corrected chi connectivity index (χ1v) is 8.19. The summed E-state index contributed by atoms with van der Waals surface area (Å²) in [6, 6.07) is 0. The first-order valence-electron chi connectivity index (χ1n) is 8.19. The van der Waals surface area contributed by atoms with Gasteiger partial charge >= 0.3 is 0 Å². The van der Waals surface area contributed by atoms with Crippen LogP contribution in [0.2, 0.25) is 0 Å². The van der Waals surface area contributed by atoms with Crippen molar-refractivity contribution >= 4 is 5.91 Å². The highest BCUT2D eigenvalue weighted by Crippen LogP contribution is 2.12. The SMILES string of the molecule is COCCOCCN1CCN(C(=O)Cc2c(C)n[nH]c2C)CC1. The monoisotopic (exact) mass is 324 g/mol. The molecule has 0 atom stereocenters. The number of hydrogen-bond donors (Lipinski definition) is 1. The summed E-state index contributed by atoms with van der Waals surface area (Å²) in [6.07, 6.45) is 0.439. The van der Waals surface area contributed by atoms with E-state index < -0.39 is 0 Å². The van der Waals surface area contributed by atoms with Crippen LogP contribution in [0.25, 0.3) is 0 Å². The lowest BCUT2D eigenvalue weighted by Gasteiger charge is -2.34. The molecule has 130 valence electrons. The molecule has 0 spiro atoms. The van der Waals surface area contributed by atoms with Crippen LogP contribution in [-0.2, 0) is 20.7 Å². The minimum Gasteiger partial charge on any atom is -0.382 e. The maximum atomic E-state index is 12.4. The van der Waals surface area contributed by atoms with Crippen LogP contribution in [0.15, 0.2) is 0 Å². The van der Waals surface area contributed by atoms with Gasteiger partial charge in [-0.2, -0.15) is 5.10 Å². The number of H-pyrrole nitrogens is 1. The predicted molar refractivity (Wildman–Crippen MR) is 87.5 cm³/mol. The van der Waals surface area contributed by atoms with E-state index in [0.29, 0.717) is 26.2 Å². The predicted octanol–water partition coefficient (Wildman–Crippen LogP) is 0.376. The number of carbonyl (C=O) groups is 1. The van der Waals surface area contributed by atoms with Gasteiger partial charge in [0.05, 0.1) is 31.9 Å². The van der Waals surface area contributed by atoms with E-state index in [9.17, 15) is 4.79 Å². The summed E-state index contributed by atoms with van der Waals surface area (Å²) in [7, 11) is 1.67. The van der Waals surface area contributed by atoms with Crippen LogP contribution in [0.1, 0.15) is 17.0 Å². The molecule has 2 rings (SSSR count). The Morgan fingerprint density at radius 3 is 2.52 bits per heavy atom. The van der Waals surface area contributed by atoms with Crippen LogP contribution in [-0.4, -0.2) is 85.6 Å². The van der Waals surface area contributed by atoms with Crippen LogP contribution in [0, 0.1) is 13.8 Å². The lowest BCUT2D eigenvalue weighted by molar-refractivity contribution is -0.132. The molecule has 7 heteroatoms. The van der Waals surface area contributed by atoms with Gasteiger partial charge < -0.3 is 14.4 Å². The van der Waals surface area contributed by atoms with Crippen molar-refractivity contribution in [3.05, 3.63) is 17.0 Å². The third-order valence-electron chi connectivity index (χ3n) is 4.32. The van der Waals surface area contributed by atoms with E-state index in [1.165, 1.54) is 0 Å². The number of aryl methyl sites for hydroxylation is 2. The molecule has 0 radical (unpaired) electrons. The number of methoxy groups -OCH3 is 1. The zero-order valence-corrected chi connectivity index (χ0v) is 14.4. The molecular weight excluding hydrogens is 296 g/mol. The lowest BCUT2D eigenvalue weighted by Crippen LogP contribution is -2.49. The van der Waals surface area contributed by atoms with E-state index >= 15 is 0 Å². The first kappa shape index (κ1) is 17.9. The number of ether oxygens (including phenoxy) is 2. The second-order valence-electron chi connectivity index (χ2n) is 5.92. The molecule has 0 aliphatic carbocycles. The molecule has 1 aliphatic heterocycles. The number of nitrogens with one attached hydrogen (secondary N) is 1. The molecule has 1 saturated heterocycles. The van der Waals surface area contributed by atoms with Crippen LogP contribution >= 0.6 is 0 Å². The maximum Gasteiger partial charge on any atom is 0.227 e. The molecule has 23 heavy (non-hydrogen) atoms. The Morgan fingerprint density at radius 1 is 1.17 bits per heavy atom. The quantitative estimate of drug-likeness (QED) is 0.700.